The highest BCUT2D eigenvalue weighted by Crippen LogP contribution is 1.67. The average molecular weight is 102 g/mol. The zero-order valence-electron chi connectivity index (χ0n) is 4.23. The molecule has 0 aromatic heterocycles. The van der Waals surface area contributed by atoms with Crippen molar-refractivity contribution in [3.63, 3.8) is 0 Å². The summed E-state index contributed by atoms with van der Waals surface area (Å²) in [6.07, 6.45) is 0. The van der Waals surface area contributed by atoms with Crippen LogP contribution in [0.5, 0.6) is 0 Å². The van der Waals surface area contributed by atoms with E-state index in [1.165, 1.54) is 7.11 Å². The number of ether oxygens (including phenoxy) is 1. The molecule has 0 rings (SSSR count). The van der Waals surface area contributed by atoms with Crippen LogP contribution in [-0.2, 0) is 9.53 Å². The summed E-state index contributed by atoms with van der Waals surface area (Å²) >= 11 is 0. The number of hydrogen-bond donors (Lipinski definition) is 0. The Kier molecular flexibility index (Phi) is 3.55. The Labute approximate surface area is 42.4 Å². The molecule has 0 amide bonds. The van der Waals surface area contributed by atoms with Crippen LogP contribution in [0.15, 0.2) is 0 Å². The first-order valence-electron chi connectivity index (χ1n) is 1.96. The molecule has 0 saturated carbocycles. The van der Waals surface area contributed by atoms with Crippen molar-refractivity contribution < 1.29 is 9.53 Å². The number of carbonyl (C=O) groups excluding carboxylic acids is 1. The van der Waals surface area contributed by atoms with E-state index in [9.17, 15) is 4.79 Å². The van der Waals surface area contributed by atoms with Gasteiger partial charge >= 0.3 is 0 Å². The minimum Gasteiger partial charge on any atom is -0.377 e. The van der Waals surface area contributed by atoms with Crippen molar-refractivity contribution in [3.05, 3.63) is 0 Å². The lowest BCUT2D eigenvalue weighted by molar-refractivity contribution is -0.121. The molecule has 3 heteroatoms. The number of rotatable bonds is 3. The third kappa shape index (κ3) is 3.42. The van der Waals surface area contributed by atoms with Crippen LogP contribution in [0, 0.1) is 0 Å². The Bertz CT molecular complexity index is 62.7. The Morgan fingerprint density at radius 3 is 2.57 bits per heavy atom. The lowest BCUT2D eigenvalue weighted by Crippen LogP contribution is -2.11. The molecular formula is C4H8NO2. The first-order chi connectivity index (χ1) is 3.31. The fourth-order valence-electron chi connectivity index (χ4n) is 0.212. The molecule has 0 aromatic carbocycles. The molecule has 0 spiro atoms. The second kappa shape index (κ2) is 3.77. The van der Waals surface area contributed by atoms with Crippen molar-refractivity contribution in [2.45, 2.75) is 0 Å². The summed E-state index contributed by atoms with van der Waals surface area (Å²) < 4.78 is 4.42. The highest BCUT2D eigenvalue weighted by molar-refractivity contribution is 5.81. The van der Waals surface area contributed by atoms with E-state index in [4.69, 9.17) is 5.73 Å². The lowest BCUT2D eigenvalue weighted by Gasteiger charge is -1.89. The predicted molar refractivity (Wildman–Crippen MR) is 24.8 cm³/mol. The van der Waals surface area contributed by atoms with Crippen LogP contribution >= 0.6 is 0 Å². The maximum atomic E-state index is 10.1. The molecule has 3 nitrogen and oxygen atoms in total. The lowest BCUT2D eigenvalue weighted by atomic mass is 10.4. The normalized spacial score (nSPS) is 8.86. The summed E-state index contributed by atoms with van der Waals surface area (Å²) in [5.74, 6) is -0.178. The van der Waals surface area contributed by atoms with Gasteiger partial charge in [0.15, 0.2) is 5.78 Å². The van der Waals surface area contributed by atoms with E-state index in [2.05, 4.69) is 4.74 Å². The number of carbonyl (C=O) groups is 1. The number of nitrogens with one attached hydrogen (secondary N) is 1. The summed E-state index contributed by atoms with van der Waals surface area (Å²) in [6, 6.07) is 0. The number of methoxy groups -OCH3 is 1. The smallest absolute Gasteiger partial charge is 0.173 e. The first-order valence-corrected chi connectivity index (χ1v) is 1.96. The molecule has 0 fully saturated rings. The van der Waals surface area contributed by atoms with E-state index in [0.717, 1.165) is 0 Å². The molecule has 0 aliphatic carbocycles. The molecule has 1 radical (unpaired) electrons. The van der Waals surface area contributed by atoms with Crippen molar-refractivity contribution in [3.8, 4) is 0 Å². The van der Waals surface area contributed by atoms with E-state index < -0.39 is 0 Å². The van der Waals surface area contributed by atoms with E-state index in [-0.39, 0.29) is 18.9 Å². The van der Waals surface area contributed by atoms with Gasteiger partial charge in [-0.2, -0.15) is 0 Å². The van der Waals surface area contributed by atoms with Gasteiger partial charge in [-0.25, -0.2) is 5.73 Å². The van der Waals surface area contributed by atoms with Gasteiger partial charge in [0.25, 0.3) is 0 Å². The van der Waals surface area contributed by atoms with Crippen molar-refractivity contribution in [1.29, 1.82) is 0 Å². The number of hydrogen-bond acceptors (Lipinski definition) is 2. The van der Waals surface area contributed by atoms with Gasteiger partial charge < -0.3 is 4.74 Å². The molecule has 7 heavy (non-hydrogen) atoms. The summed E-state index contributed by atoms with van der Waals surface area (Å²) in [5, 5.41) is 0. The van der Waals surface area contributed by atoms with Gasteiger partial charge in [-0.3, -0.25) is 4.79 Å². The highest BCUT2D eigenvalue weighted by Gasteiger charge is 1.92. The first kappa shape index (κ1) is 6.59. The van der Waals surface area contributed by atoms with Crippen LogP contribution in [0.1, 0.15) is 0 Å². The van der Waals surface area contributed by atoms with E-state index in [0.29, 0.717) is 0 Å². The topological polar surface area (TPSA) is 50.1 Å². The van der Waals surface area contributed by atoms with Crippen LogP contribution in [0.2, 0.25) is 0 Å². The van der Waals surface area contributed by atoms with E-state index >= 15 is 0 Å². The largest absolute Gasteiger partial charge is 0.377 e. The fourth-order valence-corrected chi connectivity index (χ4v) is 0.212. The summed E-state index contributed by atoms with van der Waals surface area (Å²) in [7, 11) is 1.44. The molecule has 1 N–H and O–H groups in total. The summed E-state index contributed by atoms with van der Waals surface area (Å²) in [5.41, 5.74) is 6.48. The fraction of sp³-hybridized carbons (Fsp3) is 0.750. The quantitative estimate of drug-likeness (QED) is 0.481. The minimum atomic E-state index is -0.178. The second-order valence-electron chi connectivity index (χ2n) is 1.15. The van der Waals surface area contributed by atoms with Gasteiger partial charge in [0.2, 0.25) is 0 Å². The molecule has 0 bridgehead atoms. The van der Waals surface area contributed by atoms with Crippen LogP contribution in [-0.4, -0.2) is 26.0 Å². The Morgan fingerprint density at radius 2 is 2.43 bits per heavy atom. The van der Waals surface area contributed by atoms with Crippen LogP contribution < -0.4 is 5.73 Å². The Hall–Kier alpha value is -0.410. The second-order valence-corrected chi connectivity index (χ2v) is 1.15. The van der Waals surface area contributed by atoms with Crippen LogP contribution in [0.25, 0.3) is 0 Å². The van der Waals surface area contributed by atoms with E-state index in [1.807, 2.05) is 0 Å². The van der Waals surface area contributed by atoms with Gasteiger partial charge in [-0.1, -0.05) is 0 Å². The third-order valence-corrected chi connectivity index (χ3v) is 0.502. The SMILES string of the molecule is COCC(=O)C[NH]. The minimum absolute atomic E-state index is 0.0729. The molecule has 0 aromatic rings. The molecule has 41 valence electrons. The predicted octanol–water partition coefficient (Wildman–Crippen LogP) is -0.515. The van der Waals surface area contributed by atoms with Crippen LogP contribution in [0.3, 0.4) is 0 Å². The molecule has 0 atom stereocenters. The number of ketones is 1. The van der Waals surface area contributed by atoms with Crippen molar-refractivity contribution in [1.82, 2.24) is 5.73 Å². The summed E-state index contributed by atoms with van der Waals surface area (Å²) in [4.78, 5) is 10.1. The van der Waals surface area contributed by atoms with E-state index in [1.54, 1.807) is 0 Å². The molecule has 0 aliphatic rings. The van der Waals surface area contributed by atoms with Crippen molar-refractivity contribution in [2.24, 2.45) is 0 Å². The molecule has 0 saturated heterocycles. The Morgan fingerprint density at radius 1 is 1.86 bits per heavy atom. The molecular weight excluding hydrogens is 94.0 g/mol. The van der Waals surface area contributed by atoms with Gasteiger partial charge in [0.1, 0.15) is 6.61 Å². The van der Waals surface area contributed by atoms with Crippen molar-refractivity contribution in [2.75, 3.05) is 20.3 Å². The zero-order valence-corrected chi connectivity index (χ0v) is 4.23. The summed E-state index contributed by atoms with van der Waals surface area (Å²) in [6.45, 7) is -0.0999. The maximum Gasteiger partial charge on any atom is 0.173 e. The highest BCUT2D eigenvalue weighted by atomic mass is 16.5. The van der Waals surface area contributed by atoms with Crippen LogP contribution in [0.4, 0.5) is 0 Å². The molecule has 0 heterocycles. The number of Topliss-reactive ketones (excluding diaryl/α,β-unsaturated/α-hetero) is 1. The van der Waals surface area contributed by atoms with Gasteiger partial charge in [-0.05, 0) is 0 Å². The van der Waals surface area contributed by atoms with Crippen molar-refractivity contribution >= 4 is 5.78 Å². The monoisotopic (exact) mass is 102 g/mol. The zero-order chi connectivity index (χ0) is 5.70. The average Bonchev–Trinajstić information content (AvgIpc) is 1.68. The molecule has 0 unspecified atom stereocenters. The van der Waals surface area contributed by atoms with Gasteiger partial charge in [0.05, 0.1) is 6.54 Å². The maximum absolute atomic E-state index is 10.1. The standard InChI is InChI=1S/C4H8NO2/c1-7-3-4(6)2-5/h5H,2-3H2,1H3. The Balaban J connectivity index is 3.00. The third-order valence-electron chi connectivity index (χ3n) is 0.502. The van der Waals surface area contributed by atoms with Gasteiger partial charge in [0, 0.05) is 7.11 Å². The van der Waals surface area contributed by atoms with Gasteiger partial charge in [-0.15, -0.1) is 0 Å². The molecule has 0 aliphatic heterocycles.